The molecule has 0 saturated carbocycles. The summed E-state index contributed by atoms with van der Waals surface area (Å²) in [6, 6.07) is 9.84. The Morgan fingerprint density at radius 1 is 1.20 bits per heavy atom. The van der Waals surface area contributed by atoms with E-state index in [2.05, 4.69) is 9.97 Å². The van der Waals surface area contributed by atoms with Gasteiger partial charge in [-0.15, -0.1) is 11.6 Å². The Hall–Kier alpha value is -1.94. The first-order chi connectivity index (χ1) is 9.78. The highest BCUT2D eigenvalue weighted by atomic mass is 35.5. The number of nitrogens with zero attached hydrogens (tertiary/aromatic N) is 3. The van der Waals surface area contributed by atoms with Gasteiger partial charge in [0.15, 0.2) is 5.82 Å². The molecule has 1 saturated heterocycles. The van der Waals surface area contributed by atoms with E-state index in [1.165, 1.54) is 0 Å². The van der Waals surface area contributed by atoms with E-state index in [-0.39, 0.29) is 11.8 Å². The molecule has 1 fully saturated rings. The minimum absolute atomic E-state index is 0.0670. The Balaban J connectivity index is 1.82. The molecule has 5 heteroatoms. The van der Waals surface area contributed by atoms with Gasteiger partial charge in [-0.3, -0.25) is 14.7 Å². The second-order valence-corrected chi connectivity index (χ2v) is 5.16. The summed E-state index contributed by atoms with van der Waals surface area (Å²) >= 11 is 5.82. The maximum absolute atomic E-state index is 11.9. The minimum Gasteiger partial charge on any atom is -0.295 e. The van der Waals surface area contributed by atoms with Gasteiger partial charge in [0.25, 0.3) is 0 Å². The predicted molar refractivity (Wildman–Crippen MR) is 78.6 cm³/mol. The molecule has 1 aliphatic heterocycles. The molecular weight excluding hydrogens is 274 g/mol. The molecule has 1 aromatic carbocycles. The highest BCUT2D eigenvalue weighted by Crippen LogP contribution is 2.24. The van der Waals surface area contributed by atoms with Gasteiger partial charge in [0.05, 0.1) is 18.1 Å². The molecule has 2 aromatic rings. The number of rotatable bonds is 3. The number of anilines is 1. The van der Waals surface area contributed by atoms with Crippen LogP contribution in [0.15, 0.2) is 42.7 Å². The van der Waals surface area contributed by atoms with Gasteiger partial charge in [-0.25, -0.2) is 4.98 Å². The second kappa shape index (κ2) is 5.59. The van der Waals surface area contributed by atoms with E-state index in [0.717, 1.165) is 11.3 Å². The lowest BCUT2D eigenvalue weighted by atomic mass is 10.1. The fourth-order valence-corrected chi connectivity index (χ4v) is 2.53. The lowest BCUT2D eigenvalue weighted by Crippen LogP contribution is -2.25. The molecule has 1 unspecified atom stereocenters. The highest BCUT2D eigenvalue weighted by Gasteiger charge is 2.30. The van der Waals surface area contributed by atoms with Gasteiger partial charge < -0.3 is 0 Å². The van der Waals surface area contributed by atoms with E-state index in [9.17, 15) is 4.79 Å². The molecule has 0 aliphatic carbocycles. The van der Waals surface area contributed by atoms with Crippen LogP contribution in [0, 0.1) is 5.92 Å². The average Bonchev–Trinajstić information content (AvgIpc) is 2.89. The molecule has 1 amide bonds. The van der Waals surface area contributed by atoms with E-state index in [1.54, 1.807) is 17.3 Å². The first kappa shape index (κ1) is 13.1. The van der Waals surface area contributed by atoms with Crippen LogP contribution >= 0.6 is 11.6 Å². The normalized spacial score (nSPS) is 18.6. The van der Waals surface area contributed by atoms with Crippen LogP contribution in [0.4, 0.5) is 5.82 Å². The zero-order valence-corrected chi connectivity index (χ0v) is 11.6. The zero-order valence-electron chi connectivity index (χ0n) is 10.9. The van der Waals surface area contributed by atoms with Crippen molar-refractivity contribution in [3.63, 3.8) is 0 Å². The van der Waals surface area contributed by atoms with Crippen molar-refractivity contribution in [3.05, 3.63) is 42.7 Å². The van der Waals surface area contributed by atoms with Crippen LogP contribution < -0.4 is 4.90 Å². The number of carbonyl (C=O) groups is 1. The van der Waals surface area contributed by atoms with E-state index in [0.29, 0.717) is 24.7 Å². The van der Waals surface area contributed by atoms with Crippen molar-refractivity contribution in [1.29, 1.82) is 0 Å². The molecule has 1 aromatic heterocycles. The smallest absolute Gasteiger partial charge is 0.228 e. The van der Waals surface area contributed by atoms with Crippen LogP contribution in [-0.4, -0.2) is 28.3 Å². The number of hydrogen-bond acceptors (Lipinski definition) is 3. The molecular formula is C15H14ClN3O. The van der Waals surface area contributed by atoms with Crippen LogP contribution in [-0.2, 0) is 4.79 Å². The number of alkyl halides is 1. The first-order valence-electron chi connectivity index (χ1n) is 6.51. The van der Waals surface area contributed by atoms with Crippen LogP contribution in [0.5, 0.6) is 0 Å². The third-order valence-corrected chi connectivity index (χ3v) is 3.84. The van der Waals surface area contributed by atoms with Gasteiger partial charge in [-0.2, -0.15) is 0 Å². The molecule has 1 aliphatic rings. The molecule has 2 heterocycles. The molecule has 0 radical (unpaired) electrons. The monoisotopic (exact) mass is 287 g/mol. The number of halogens is 1. The van der Waals surface area contributed by atoms with E-state index in [1.807, 2.05) is 30.3 Å². The van der Waals surface area contributed by atoms with Crippen molar-refractivity contribution in [1.82, 2.24) is 9.97 Å². The van der Waals surface area contributed by atoms with E-state index in [4.69, 9.17) is 11.6 Å². The van der Waals surface area contributed by atoms with Crippen molar-refractivity contribution in [2.45, 2.75) is 6.42 Å². The molecule has 0 spiro atoms. The summed E-state index contributed by atoms with van der Waals surface area (Å²) in [6.07, 6.45) is 3.84. The Kier molecular flexibility index (Phi) is 3.65. The largest absolute Gasteiger partial charge is 0.295 e. The van der Waals surface area contributed by atoms with Crippen molar-refractivity contribution in [2.75, 3.05) is 17.3 Å². The number of aromatic nitrogens is 2. The zero-order chi connectivity index (χ0) is 13.9. The topological polar surface area (TPSA) is 46.1 Å². The number of carbonyl (C=O) groups excluding carboxylic acids is 1. The molecule has 1 atom stereocenters. The van der Waals surface area contributed by atoms with Crippen molar-refractivity contribution in [2.24, 2.45) is 5.92 Å². The molecule has 102 valence electrons. The molecule has 20 heavy (non-hydrogen) atoms. The van der Waals surface area contributed by atoms with Crippen molar-refractivity contribution in [3.8, 4) is 11.3 Å². The summed E-state index contributed by atoms with van der Waals surface area (Å²) in [6.45, 7) is 0.627. The summed E-state index contributed by atoms with van der Waals surface area (Å²) in [5.41, 5.74) is 1.81. The maximum atomic E-state index is 11.9. The lowest BCUT2D eigenvalue weighted by molar-refractivity contribution is -0.117. The first-order valence-corrected chi connectivity index (χ1v) is 7.05. The maximum Gasteiger partial charge on any atom is 0.228 e. The quantitative estimate of drug-likeness (QED) is 0.816. The number of amides is 1. The summed E-state index contributed by atoms with van der Waals surface area (Å²) in [5.74, 6) is 1.37. The van der Waals surface area contributed by atoms with Crippen LogP contribution in [0.25, 0.3) is 11.3 Å². The summed E-state index contributed by atoms with van der Waals surface area (Å²) in [7, 11) is 0. The molecule has 0 bridgehead atoms. The Bertz CT molecular complexity index is 600. The third kappa shape index (κ3) is 2.51. The average molecular weight is 288 g/mol. The Morgan fingerprint density at radius 3 is 2.60 bits per heavy atom. The number of hydrogen-bond donors (Lipinski definition) is 0. The lowest BCUT2D eigenvalue weighted by Gasteiger charge is -2.14. The standard InChI is InChI=1S/C15H14ClN3O/c16-7-11-6-15(20)19(10-11)14-9-17-13(8-18-14)12-4-2-1-3-5-12/h1-5,8-9,11H,6-7,10H2. The molecule has 4 nitrogen and oxygen atoms in total. The Labute approximate surface area is 122 Å². The van der Waals surface area contributed by atoms with Gasteiger partial charge >= 0.3 is 0 Å². The third-order valence-electron chi connectivity index (χ3n) is 3.41. The predicted octanol–water partition coefficient (Wildman–Crippen LogP) is 2.74. The van der Waals surface area contributed by atoms with Gasteiger partial charge in [0, 0.05) is 24.4 Å². The van der Waals surface area contributed by atoms with Crippen LogP contribution in [0.1, 0.15) is 6.42 Å². The Morgan fingerprint density at radius 2 is 2.00 bits per heavy atom. The van der Waals surface area contributed by atoms with Crippen LogP contribution in [0.2, 0.25) is 0 Å². The number of benzene rings is 1. The fourth-order valence-electron chi connectivity index (χ4n) is 2.32. The van der Waals surface area contributed by atoms with E-state index >= 15 is 0 Å². The molecule has 3 rings (SSSR count). The van der Waals surface area contributed by atoms with Gasteiger partial charge in [-0.05, 0) is 5.92 Å². The SMILES string of the molecule is O=C1CC(CCl)CN1c1cnc(-c2ccccc2)cn1. The van der Waals surface area contributed by atoms with Crippen molar-refractivity contribution >= 4 is 23.3 Å². The second-order valence-electron chi connectivity index (χ2n) is 4.85. The van der Waals surface area contributed by atoms with Crippen LogP contribution in [0.3, 0.4) is 0 Å². The van der Waals surface area contributed by atoms with Gasteiger partial charge in [0.2, 0.25) is 5.91 Å². The van der Waals surface area contributed by atoms with E-state index < -0.39 is 0 Å². The fraction of sp³-hybridized carbons (Fsp3) is 0.267. The minimum atomic E-state index is 0.0670. The molecule has 0 N–H and O–H groups in total. The van der Waals surface area contributed by atoms with Gasteiger partial charge in [-0.1, -0.05) is 30.3 Å². The highest BCUT2D eigenvalue weighted by molar-refractivity contribution is 6.18. The summed E-state index contributed by atoms with van der Waals surface area (Å²) < 4.78 is 0. The van der Waals surface area contributed by atoms with Crippen molar-refractivity contribution < 1.29 is 4.79 Å². The van der Waals surface area contributed by atoms with Gasteiger partial charge in [0.1, 0.15) is 0 Å². The summed E-state index contributed by atoms with van der Waals surface area (Å²) in [4.78, 5) is 22.3. The summed E-state index contributed by atoms with van der Waals surface area (Å²) in [5, 5.41) is 0.